The minimum atomic E-state index is -3.03. The maximum Gasteiger partial charge on any atom is 0.339 e. The second-order valence-corrected chi connectivity index (χ2v) is 3.33. The van der Waals surface area contributed by atoms with Gasteiger partial charge in [-0.05, 0) is 5.56 Å². The van der Waals surface area contributed by atoms with Crippen molar-refractivity contribution in [1.29, 1.82) is 5.26 Å². The van der Waals surface area contributed by atoms with Gasteiger partial charge in [0.15, 0.2) is 0 Å². The van der Waals surface area contributed by atoms with Crippen LogP contribution in [0.1, 0.15) is 33.6 Å². The molecule has 7 heteroatoms. The average Bonchev–Trinajstić information content (AvgIpc) is 2.26. The van der Waals surface area contributed by atoms with Crippen LogP contribution in [0.2, 0.25) is 0 Å². The first kappa shape index (κ1) is 12.5. The number of pyridine rings is 1. The summed E-state index contributed by atoms with van der Waals surface area (Å²) in [4.78, 5) is 14.2. The summed E-state index contributed by atoms with van der Waals surface area (Å²) < 4.78 is 25.0. The fraction of sp³-hybridized carbons (Fsp3) is 0.222. The van der Waals surface area contributed by atoms with Crippen molar-refractivity contribution in [1.82, 2.24) is 4.98 Å². The quantitative estimate of drug-likeness (QED) is 0.868. The third-order valence-corrected chi connectivity index (χ3v) is 2.47. The Bertz CT molecular complexity index is 471. The second kappa shape index (κ2) is 4.99. The molecule has 0 saturated carbocycles. The van der Waals surface area contributed by atoms with Crippen LogP contribution >= 0.6 is 15.9 Å². The monoisotopic (exact) mass is 290 g/mol. The summed E-state index contributed by atoms with van der Waals surface area (Å²) >= 11 is 3.02. The van der Waals surface area contributed by atoms with Gasteiger partial charge in [-0.15, -0.1) is 0 Å². The highest BCUT2D eigenvalue weighted by Gasteiger charge is 2.25. The predicted octanol–water partition coefficient (Wildman–Crippen LogP) is 2.48. The van der Waals surface area contributed by atoms with Crippen LogP contribution in [0.25, 0.3) is 0 Å². The molecule has 0 aliphatic carbocycles. The van der Waals surface area contributed by atoms with E-state index in [-0.39, 0.29) is 16.5 Å². The van der Waals surface area contributed by atoms with Gasteiger partial charge in [-0.1, -0.05) is 15.9 Å². The molecule has 4 nitrogen and oxygen atoms in total. The molecule has 0 aliphatic heterocycles. The van der Waals surface area contributed by atoms with E-state index < -0.39 is 23.7 Å². The zero-order valence-electron chi connectivity index (χ0n) is 7.75. The molecule has 16 heavy (non-hydrogen) atoms. The Balaban J connectivity index is 3.59. The van der Waals surface area contributed by atoms with Crippen LogP contribution < -0.4 is 0 Å². The Morgan fingerprint density at radius 3 is 2.69 bits per heavy atom. The Kier molecular flexibility index (Phi) is 3.90. The van der Waals surface area contributed by atoms with E-state index in [0.29, 0.717) is 0 Å². The van der Waals surface area contributed by atoms with E-state index in [1.165, 1.54) is 0 Å². The standard InChI is InChI=1S/C9H5BrF2N2O2/c10-1-4-3-14-7(8(11)12)6(9(15)16)5(4)2-13/h3,8H,1H2,(H,15,16). The lowest BCUT2D eigenvalue weighted by molar-refractivity contribution is 0.0681. The maximum absolute atomic E-state index is 12.5. The first-order chi connectivity index (χ1) is 7.52. The lowest BCUT2D eigenvalue weighted by Crippen LogP contribution is -2.10. The molecule has 1 N–H and O–H groups in total. The number of alkyl halides is 3. The molecule has 0 amide bonds. The Morgan fingerprint density at radius 2 is 2.31 bits per heavy atom. The van der Waals surface area contributed by atoms with E-state index in [1.54, 1.807) is 6.07 Å². The minimum absolute atomic E-state index is 0.173. The molecule has 0 aliphatic rings. The normalized spacial score (nSPS) is 10.2. The molecule has 0 atom stereocenters. The van der Waals surface area contributed by atoms with Crippen molar-refractivity contribution >= 4 is 21.9 Å². The fourth-order valence-electron chi connectivity index (χ4n) is 1.18. The third-order valence-electron chi connectivity index (χ3n) is 1.86. The lowest BCUT2D eigenvalue weighted by Gasteiger charge is -2.08. The number of halogens is 3. The molecule has 1 heterocycles. The molecule has 0 radical (unpaired) electrons. The topological polar surface area (TPSA) is 74.0 Å². The van der Waals surface area contributed by atoms with Crippen LogP contribution in [-0.4, -0.2) is 16.1 Å². The average molecular weight is 291 g/mol. The van der Waals surface area contributed by atoms with Gasteiger partial charge in [-0.25, -0.2) is 13.6 Å². The number of hydrogen-bond acceptors (Lipinski definition) is 3. The van der Waals surface area contributed by atoms with E-state index in [9.17, 15) is 13.6 Å². The van der Waals surface area contributed by atoms with Gasteiger partial charge in [-0.2, -0.15) is 5.26 Å². The van der Waals surface area contributed by atoms with Gasteiger partial charge in [0.1, 0.15) is 17.3 Å². The van der Waals surface area contributed by atoms with Gasteiger partial charge in [0.05, 0.1) is 5.56 Å². The molecule has 0 bridgehead atoms. The van der Waals surface area contributed by atoms with E-state index in [2.05, 4.69) is 20.9 Å². The molecule has 1 aromatic heterocycles. The third kappa shape index (κ3) is 2.17. The summed E-state index contributed by atoms with van der Waals surface area (Å²) in [6.45, 7) is 0. The number of carboxylic acid groups (broad SMARTS) is 1. The molecule has 0 unspecified atom stereocenters. The van der Waals surface area contributed by atoms with Crippen molar-refractivity contribution in [2.24, 2.45) is 0 Å². The summed E-state index contributed by atoms with van der Waals surface area (Å²) in [5.74, 6) is -1.58. The number of aromatic carboxylic acids is 1. The Morgan fingerprint density at radius 1 is 1.69 bits per heavy atom. The van der Waals surface area contributed by atoms with Crippen LogP contribution in [0.5, 0.6) is 0 Å². The van der Waals surface area contributed by atoms with Gasteiger partial charge in [-0.3, -0.25) is 4.98 Å². The predicted molar refractivity (Wildman–Crippen MR) is 53.5 cm³/mol. The van der Waals surface area contributed by atoms with Crippen molar-refractivity contribution in [2.45, 2.75) is 11.8 Å². The van der Waals surface area contributed by atoms with Gasteiger partial charge >= 0.3 is 5.97 Å². The largest absolute Gasteiger partial charge is 0.478 e. The first-order valence-electron chi connectivity index (χ1n) is 4.02. The first-order valence-corrected chi connectivity index (χ1v) is 5.14. The molecule has 0 spiro atoms. The van der Waals surface area contributed by atoms with Crippen LogP contribution in [0.15, 0.2) is 6.20 Å². The Labute approximate surface area is 97.7 Å². The van der Waals surface area contributed by atoms with Crippen LogP contribution in [0.3, 0.4) is 0 Å². The lowest BCUT2D eigenvalue weighted by atomic mass is 10.0. The van der Waals surface area contributed by atoms with E-state index in [4.69, 9.17) is 10.4 Å². The van der Waals surface area contributed by atoms with Crippen molar-refractivity contribution in [3.05, 3.63) is 28.6 Å². The summed E-state index contributed by atoms with van der Waals surface area (Å²) in [5.41, 5.74) is -1.62. The summed E-state index contributed by atoms with van der Waals surface area (Å²) in [7, 11) is 0. The number of aromatic nitrogens is 1. The highest BCUT2D eigenvalue weighted by molar-refractivity contribution is 9.08. The molecule has 1 rings (SSSR count). The summed E-state index contributed by atoms with van der Waals surface area (Å²) in [6, 6.07) is 1.61. The number of hydrogen-bond donors (Lipinski definition) is 1. The van der Waals surface area contributed by atoms with Crippen molar-refractivity contribution < 1.29 is 18.7 Å². The highest BCUT2D eigenvalue weighted by Crippen LogP contribution is 2.26. The van der Waals surface area contributed by atoms with Crippen molar-refractivity contribution in [3.8, 4) is 6.07 Å². The maximum atomic E-state index is 12.5. The smallest absolute Gasteiger partial charge is 0.339 e. The molecule has 1 aromatic rings. The number of rotatable bonds is 3. The minimum Gasteiger partial charge on any atom is -0.478 e. The number of carboxylic acids is 1. The molecular formula is C9H5BrF2N2O2. The van der Waals surface area contributed by atoms with Crippen LogP contribution in [0.4, 0.5) is 8.78 Å². The van der Waals surface area contributed by atoms with Crippen LogP contribution in [-0.2, 0) is 5.33 Å². The molecular weight excluding hydrogens is 286 g/mol. The van der Waals surface area contributed by atoms with E-state index in [1.807, 2.05) is 0 Å². The summed E-state index contributed by atoms with van der Waals surface area (Å²) in [5, 5.41) is 17.8. The number of nitriles is 1. The molecule has 0 saturated heterocycles. The van der Waals surface area contributed by atoms with Crippen molar-refractivity contribution in [2.75, 3.05) is 0 Å². The zero-order valence-corrected chi connectivity index (χ0v) is 9.33. The summed E-state index contributed by atoms with van der Waals surface area (Å²) in [6.07, 6.45) is -1.95. The Hall–Kier alpha value is -1.55. The SMILES string of the molecule is N#Cc1c(CBr)cnc(C(F)F)c1C(=O)O. The molecule has 0 fully saturated rings. The zero-order chi connectivity index (χ0) is 12.3. The molecule has 0 aromatic carbocycles. The highest BCUT2D eigenvalue weighted by atomic mass is 79.9. The van der Waals surface area contributed by atoms with Crippen LogP contribution in [0, 0.1) is 11.3 Å². The molecule has 84 valence electrons. The fourth-order valence-corrected chi connectivity index (χ4v) is 1.60. The number of carbonyl (C=O) groups is 1. The van der Waals surface area contributed by atoms with Gasteiger partial charge in [0.25, 0.3) is 6.43 Å². The van der Waals surface area contributed by atoms with E-state index in [0.717, 1.165) is 6.20 Å². The second-order valence-electron chi connectivity index (χ2n) is 2.77. The van der Waals surface area contributed by atoms with Gasteiger partial charge in [0, 0.05) is 11.5 Å². The van der Waals surface area contributed by atoms with E-state index >= 15 is 0 Å². The number of nitrogens with zero attached hydrogens (tertiary/aromatic N) is 2. The van der Waals surface area contributed by atoms with Crippen molar-refractivity contribution in [3.63, 3.8) is 0 Å². The van der Waals surface area contributed by atoms with Gasteiger partial charge < -0.3 is 5.11 Å². The van der Waals surface area contributed by atoms with Gasteiger partial charge in [0.2, 0.25) is 0 Å².